The first-order chi connectivity index (χ1) is 5.34. The van der Waals surface area contributed by atoms with Gasteiger partial charge >= 0.3 is 5.97 Å². The molecular formula is C8H15NO3. The van der Waals surface area contributed by atoms with Crippen molar-refractivity contribution in [2.75, 3.05) is 14.2 Å². The maximum Gasteiger partial charge on any atom is 0.331 e. The summed E-state index contributed by atoms with van der Waals surface area (Å²) in [6.45, 7) is 4.69. The molecule has 0 heterocycles. The van der Waals surface area contributed by atoms with Gasteiger partial charge in [0.25, 0.3) is 0 Å². The molecule has 0 N–H and O–H groups in total. The van der Waals surface area contributed by atoms with Crippen LogP contribution in [0.1, 0.15) is 20.8 Å². The predicted octanol–water partition coefficient (Wildman–Crippen LogP) is 0.416. The van der Waals surface area contributed by atoms with E-state index in [-0.39, 0.29) is 5.91 Å². The van der Waals surface area contributed by atoms with Gasteiger partial charge in [-0.25, -0.2) is 4.79 Å². The fourth-order valence-electron chi connectivity index (χ4n) is 0.780. The Balaban J connectivity index is 4.60. The molecule has 1 amide bonds. The third-order valence-electron chi connectivity index (χ3n) is 2.00. The van der Waals surface area contributed by atoms with E-state index in [9.17, 15) is 9.59 Å². The van der Waals surface area contributed by atoms with Gasteiger partial charge in [0.1, 0.15) is 5.54 Å². The lowest BCUT2D eigenvalue weighted by atomic mass is 10.0. The molecule has 70 valence electrons. The van der Waals surface area contributed by atoms with E-state index in [1.54, 1.807) is 20.9 Å². The molecule has 0 unspecified atom stereocenters. The first-order valence-corrected chi connectivity index (χ1v) is 3.67. The van der Waals surface area contributed by atoms with Crippen molar-refractivity contribution in [2.45, 2.75) is 26.3 Å². The largest absolute Gasteiger partial charge is 0.467 e. The van der Waals surface area contributed by atoms with Gasteiger partial charge in [-0.3, -0.25) is 4.79 Å². The lowest BCUT2D eigenvalue weighted by Gasteiger charge is -2.31. The second-order valence-electron chi connectivity index (χ2n) is 3.13. The highest BCUT2D eigenvalue weighted by molar-refractivity contribution is 5.86. The van der Waals surface area contributed by atoms with Gasteiger partial charge in [-0.05, 0) is 13.8 Å². The molecule has 0 aromatic carbocycles. The highest BCUT2D eigenvalue weighted by Gasteiger charge is 2.34. The smallest absolute Gasteiger partial charge is 0.331 e. The minimum Gasteiger partial charge on any atom is -0.467 e. The lowest BCUT2D eigenvalue weighted by Crippen LogP contribution is -2.50. The van der Waals surface area contributed by atoms with Crippen LogP contribution in [-0.2, 0) is 14.3 Å². The molecule has 0 fully saturated rings. The van der Waals surface area contributed by atoms with Gasteiger partial charge < -0.3 is 9.64 Å². The molecular weight excluding hydrogens is 158 g/mol. The summed E-state index contributed by atoms with van der Waals surface area (Å²) < 4.78 is 4.55. The van der Waals surface area contributed by atoms with Crippen LogP contribution in [0.5, 0.6) is 0 Å². The molecule has 0 aliphatic rings. The summed E-state index contributed by atoms with van der Waals surface area (Å²) in [5.74, 6) is -0.578. The zero-order chi connectivity index (χ0) is 9.94. The van der Waals surface area contributed by atoms with E-state index in [0.717, 1.165) is 0 Å². The summed E-state index contributed by atoms with van der Waals surface area (Å²) in [6, 6.07) is 0. The van der Waals surface area contributed by atoms with Gasteiger partial charge in [-0.1, -0.05) is 0 Å². The quantitative estimate of drug-likeness (QED) is 0.568. The van der Waals surface area contributed by atoms with E-state index in [0.29, 0.717) is 0 Å². The van der Waals surface area contributed by atoms with E-state index in [1.807, 2.05) is 0 Å². The number of amides is 1. The topological polar surface area (TPSA) is 46.6 Å². The van der Waals surface area contributed by atoms with Crippen LogP contribution in [0.3, 0.4) is 0 Å². The Morgan fingerprint density at radius 1 is 1.33 bits per heavy atom. The van der Waals surface area contributed by atoms with Crippen molar-refractivity contribution in [3.63, 3.8) is 0 Å². The van der Waals surface area contributed by atoms with Crippen LogP contribution in [0.2, 0.25) is 0 Å². The van der Waals surface area contributed by atoms with Gasteiger partial charge in [0.05, 0.1) is 7.11 Å². The molecule has 12 heavy (non-hydrogen) atoms. The zero-order valence-electron chi connectivity index (χ0n) is 8.17. The number of carbonyl (C=O) groups excluding carboxylic acids is 2. The van der Waals surface area contributed by atoms with Crippen LogP contribution in [0, 0.1) is 0 Å². The number of rotatable bonds is 2. The van der Waals surface area contributed by atoms with Crippen LogP contribution >= 0.6 is 0 Å². The number of methoxy groups -OCH3 is 1. The Labute approximate surface area is 72.5 Å². The lowest BCUT2D eigenvalue weighted by molar-refractivity contribution is -0.157. The SMILES string of the molecule is COC(=O)C(C)(C)N(C)C(C)=O. The van der Waals surface area contributed by atoms with Gasteiger partial charge in [-0.15, -0.1) is 0 Å². The van der Waals surface area contributed by atoms with Crippen molar-refractivity contribution in [3.05, 3.63) is 0 Å². The van der Waals surface area contributed by atoms with Crippen molar-refractivity contribution in [1.82, 2.24) is 4.90 Å². The van der Waals surface area contributed by atoms with E-state index in [2.05, 4.69) is 4.74 Å². The molecule has 4 heteroatoms. The van der Waals surface area contributed by atoms with E-state index >= 15 is 0 Å². The normalized spacial score (nSPS) is 10.8. The summed E-state index contributed by atoms with van der Waals surface area (Å²) >= 11 is 0. The van der Waals surface area contributed by atoms with Crippen molar-refractivity contribution in [2.24, 2.45) is 0 Å². The maximum absolute atomic E-state index is 11.2. The molecule has 0 bridgehead atoms. The minimum atomic E-state index is -0.888. The van der Waals surface area contributed by atoms with Gasteiger partial charge in [0, 0.05) is 14.0 Å². The Hall–Kier alpha value is -1.06. The summed E-state index contributed by atoms with van der Waals surface area (Å²) in [5.41, 5.74) is -0.888. The molecule has 0 atom stereocenters. The van der Waals surface area contributed by atoms with Gasteiger partial charge in [0.2, 0.25) is 5.91 Å². The number of esters is 1. The number of carbonyl (C=O) groups is 2. The van der Waals surface area contributed by atoms with E-state index in [1.165, 1.54) is 18.9 Å². The Morgan fingerprint density at radius 2 is 1.75 bits per heavy atom. The molecule has 0 aliphatic carbocycles. The highest BCUT2D eigenvalue weighted by Crippen LogP contribution is 2.13. The predicted molar refractivity (Wildman–Crippen MR) is 44.5 cm³/mol. The van der Waals surface area contributed by atoms with Crippen LogP contribution in [0.4, 0.5) is 0 Å². The fraction of sp³-hybridized carbons (Fsp3) is 0.750. The van der Waals surface area contributed by atoms with Gasteiger partial charge in [-0.2, -0.15) is 0 Å². The molecule has 0 rings (SSSR count). The Morgan fingerprint density at radius 3 is 2.00 bits per heavy atom. The minimum absolute atomic E-state index is 0.162. The summed E-state index contributed by atoms with van der Waals surface area (Å²) in [6.07, 6.45) is 0. The number of ether oxygens (including phenoxy) is 1. The molecule has 0 radical (unpaired) electrons. The summed E-state index contributed by atoms with van der Waals surface area (Å²) in [4.78, 5) is 23.4. The molecule has 0 spiro atoms. The van der Waals surface area contributed by atoms with Gasteiger partial charge in [0.15, 0.2) is 0 Å². The first kappa shape index (κ1) is 10.9. The van der Waals surface area contributed by atoms with Crippen LogP contribution in [0.15, 0.2) is 0 Å². The van der Waals surface area contributed by atoms with Crippen molar-refractivity contribution in [1.29, 1.82) is 0 Å². The van der Waals surface area contributed by atoms with Crippen LogP contribution in [0.25, 0.3) is 0 Å². The Bertz CT molecular complexity index is 198. The number of hydrogen-bond donors (Lipinski definition) is 0. The highest BCUT2D eigenvalue weighted by atomic mass is 16.5. The summed E-state index contributed by atoms with van der Waals surface area (Å²) in [5, 5.41) is 0. The average Bonchev–Trinajstić information content (AvgIpc) is 2.01. The number of nitrogens with zero attached hydrogens (tertiary/aromatic N) is 1. The second-order valence-corrected chi connectivity index (χ2v) is 3.13. The Kier molecular flexibility index (Phi) is 3.24. The van der Waals surface area contributed by atoms with Crippen molar-refractivity contribution < 1.29 is 14.3 Å². The average molecular weight is 173 g/mol. The first-order valence-electron chi connectivity index (χ1n) is 3.67. The number of hydrogen-bond acceptors (Lipinski definition) is 3. The van der Waals surface area contributed by atoms with E-state index in [4.69, 9.17) is 0 Å². The van der Waals surface area contributed by atoms with Crippen LogP contribution in [-0.4, -0.2) is 36.5 Å². The molecule has 0 aliphatic heterocycles. The maximum atomic E-state index is 11.2. The second kappa shape index (κ2) is 3.56. The third kappa shape index (κ3) is 1.96. The third-order valence-corrected chi connectivity index (χ3v) is 2.00. The monoisotopic (exact) mass is 173 g/mol. The standard InChI is InChI=1S/C8H15NO3/c1-6(10)9(4)8(2,3)7(11)12-5/h1-5H3. The fourth-order valence-corrected chi connectivity index (χ4v) is 0.780. The van der Waals surface area contributed by atoms with Crippen molar-refractivity contribution in [3.8, 4) is 0 Å². The van der Waals surface area contributed by atoms with Crippen LogP contribution < -0.4 is 0 Å². The zero-order valence-corrected chi connectivity index (χ0v) is 8.17. The molecule has 4 nitrogen and oxygen atoms in total. The number of likely N-dealkylation sites (N-methyl/N-ethyl adjacent to an activating group) is 1. The molecule has 0 aromatic heterocycles. The molecule has 0 saturated carbocycles. The summed E-state index contributed by atoms with van der Waals surface area (Å²) in [7, 11) is 2.87. The van der Waals surface area contributed by atoms with E-state index < -0.39 is 11.5 Å². The molecule has 0 saturated heterocycles. The van der Waals surface area contributed by atoms with Crippen molar-refractivity contribution >= 4 is 11.9 Å². The molecule has 0 aromatic rings.